The molecule has 4 saturated carbocycles. The summed E-state index contributed by atoms with van der Waals surface area (Å²) in [5, 5.41) is 4.29. The molecule has 6 aliphatic rings. The van der Waals surface area contributed by atoms with E-state index in [1.807, 2.05) is 29.2 Å². The molecular weight excluding hydrogens is 514 g/mol. The predicted molar refractivity (Wildman–Crippen MR) is 154 cm³/mol. The van der Waals surface area contributed by atoms with Gasteiger partial charge in [-0.05, 0) is 92.4 Å². The molecule has 2 aromatic carbocycles. The van der Waals surface area contributed by atoms with E-state index in [1.165, 1.54) is 37.7 Å². The van der Waals surface area contributed by atoms with Crippen molar-refractivity contribution in [3.05, 3.63) is 64.2 Å². The molecule has 0 radical (unpaired) electrons. The second-order valence-electron chi connectivity index (χ2n) is 12.3. The zero-order valence-electron chi connectivity index (χ0n) is 22.0. The maximum atomic E-state index is 13.5. The summed E-state index contributed by atoms with van der Waals surface area (Å²) in [6, 6.07) is 14.8. The summed E-state index contributed by atoms with van der Waals surface area (Å²) in [5.41, 5.74) is 3.08. The Hall–Kier alpha value is -2.31. The summed E-state index contributed by atoms with van der Waals surface area (Å²) < 4.78 is 5.36. The fourth-order valence-corrected chi connectivity index (χ4v) is 9.54. The number of carbonyl (C=O) groups is 1. The molecule has 1 N–H and O–H groups in total. The summed E-state index contributed by atoms with van der Waals surface area (Å²) in [6.45, 7) is 2.10. The summed E-state index contributed by atoms with van der Waals surface area (Å²) >= 11 is 12.9. The van der Waals surface area contributed by atoms with Crippen molar-refractivity contribution in [3.8, 4) is 5.75 Å². The van der Waals surface area contributed by atoms with Gasteiger partial charge in [-0.3, -0.25) is 0 Å². The number of ether oxygens (including phenoxy) is 1. The Balaban J connectivity index is 1.10. The molecule has 2 aliphatic heterocycles. The first-order valence-electron chi connectivity index (χ1n) is 14.2. The van der Waals surface area contributed by atoms with Crippen LogP contribution in [-0.4, -0.2) is 47.1 Å². The van der Waals surface area contributed by atoms with Crippen molar-refractivity contribution >= 4 is 34.8 Å². The van der Waals surface area contributed by atoms with Crippen LogP contribution in [0.4, 0.5) is 4.79 Å². The number of urea groups is 1. The lowest BCUT2D eigenvalue weighted by atomic mass is 9.54. The Kier molecular flexibility index (Phi) is 6.12. The lowest BCUT2D eigenvalue weighted by Crippen LogP contribution is -2.60. The standard InChI is InChI=1S/C31H36ClN3O2S/c1-37-24-7-5-19(6-8-24)18-35-29(38)25-3-2-4-26(32)27(25)31(35)9-11-34(12-10-31)30(36)33-28-22-14-20-13-21(16-22)17-23(28)15-20/h2-8,20-23,28H,9-18H2,1H3,(H,33,36). The monoisotopic (exact) mass is 549 g/mol. The maximum Gasteiger partial charge on any atom is 0.317 e. The maximum absolute atomic E-state index is 13.5. The summed E-state index contributed by atoms with van der Waals surface area (Å²) in [4.78, 5) is 18.8. The van der Waals surface area contributed by atoms with Gasteiger partial charge in [-0.15, -0.1) is 0 Å². The minimum absolute atomic E-state index is 0.124. The topological polar surface area (TPSA) is 44.8 Å². The number of methoxy groups -OCH3 is 1. The Morgan fingerprint density at radius 3 is 2.32 bits per heavy atom. The minimum Gasteiger partial charge on any atom is -0.497 e. The lowest BCUT2D eigenvalue weighted by molar-refractivity contribution is -0.0121. The Morgan fingerprint density at radius 2 is 1.68 bits per heavy atom. The number of fused-ring (bicyclic) bond motifs is 2. The Labute approximate surface area is 235 Å². The smallest absolute Gasteiger partial charge is 0.317 e. The molecule has 1 spiro atoms. The highest BCUT2D eigenvalue weighted by atomic mass is 35.5. The van der Waals surface area contributed by atoms with E-state index in [0.717, 1.165) is 51.6 Å². The molecule has 0 atom stereocenters. The number of benzene rings is 2. The van der Waals surface area contributed by atoms with Crippen LogP contribution < -0.4 is 10.1 Å². The summed E-state index contributed by atoms with van der Waals surface area (Å²) in [6.07, 6.45) is 8.31. The number of halogens is 1. The number of nitrogens with zero attached hydrogens (tertiary/aromatic N) is 2. The number of likely N-dealkylation sites (tertiary alicyclic amines) is 1. The van der Waals surface area contributed by atoms with Crippen LogP contribution in [0.3, 0.4) is 0 Å². The van der Waals surface area contributed by atoms with Crippen molar-refractivity contribution < 1.29 is 9.53 Å². The third-order valence-corrected chi connectivity index (χ3v) is 11.1. The number of thiocarbonyl (C=S) groups is 1. The normalized spacial score (nSPS) is 30.6. The van der Waals surface area contributed by atoms with Crippen LogP contribution in [0, 0.1) is 23.7 Å². The second kappa shape index (κ2) is 9.41. The molecule has 7 heteroatoms. The average molecular weight is 550 g/mol. The van der Waals surface area contributed by atoms with Gasteiger partial charge in [-0.25, -0.2) is 4.79 Å². The SMILES string of the molecule is COc1ccc(CN2C(=S)c3cccc(Cl)c3C23CCN(C(=O)NC2C4CC5CC(C4)CC2C5)CC3)cc1. The number of piperidine rings is 1. The third kappa shape index (κ3) is 3.93. The molecule has 0 aromatic heterocycles. The zero-order valence-corrected chi connectivity index (χ0v) is 23.6. The molecule has 2 heterocycles. The largest absolute Gasteiger partial charge is 0.497 e. The van der Waals surface area contributed by atoms with Gasteiger partial charge in [0.2, 0.25) is 0 Å². The van der Waals surface area contributed by atoms with Crippen molar-refractivity contribution in [2.75, 3.05) is 20.2 Å². The number of hydrogen-bond donors (Lipinski definition) is 1. The number of nitrogens with one attached hydrogen (secondary N) is 1. The fourth-order valence-electron chi connectivity index (χ4n) is 8.78. The van der Waals surface area contributed by atoms with E-state index in [-0.39, 0.29) is 11.6 Å². The van der Waals surface area contributed by atoms with Gasteiger partial charge in [0.05, 0.1) is 12.6 Å². The first-order chi connectivity index (χ1) is 18.4. The van der Waals surface area contributed by atoms with Gasteiger partial charge in [0.25, 0.3) is 0 Å². The van der Waals surface area contributed by atoms with Crippen molar-refractivity contribution in [1.29, 1.82) is 0 Å². The third-order valence-electron chi connectivity index (χ3n) is 10.4. The van der Waals surface area contributed by atoms with Gasteiger partial charge < -0.3 is 19.9 Å². The van der Waals surface area contributed by atoms with Crippen LogP contribution >= 0.6 is 23.8 Å². The fraction of sp³-hybridized carbons (Fsp3) is 0.548. The van der Waals surface area contributed by atoms with Crippen LogP contribution in [0.25, 0.3) is 0 Å². The number of rotatable bonds is 4. The van der Waals surface area contributed by atoms with E-state index in [4.69, 9.17) is 28.6 Å². The first kappa shape index (κ1) is 24.7. The number of carbonyl (C=O) groups excluding carboxylic acids is 1. The predicted octanol–water partition coefficient (Wildman–Crippen LogP) is 6.37. The van der Waals surface area contributed by atoms with Crippen LogP contribution in [0.1, 0.15) is 61.6 Å². The van der Waals surface area contributed by atoms with Crippen molar-refractivity contribution in [2.45, 2.75) is 63.1 Å². The highest BCUT2D eigenvalue weighted by Crippen LogP contribution is 2.54. The van der Waals surface area contributed by atoms with Crippen LogP contribution in [0.15, 0.2) is 42.5 Å². The van der Waals surface area contributed by atoms with Gasteiger partial charge >= 0.3 is 6.03 Å². The molecule has 4 aliphatic carbocycles. The van der Waals surface area contributed by atoms with Gasteiger partial charge in [0.15, 0.2) is 0 Å². The number of hydrogen-bond acceptors (Lipinski definition) is 3. The molecule has 0 unspecified atom stereocenters. The van der Waals surface area contributed by atoms with E-state index in [9.17, 15) is 4.79 Å². The Morgan fingerprint density at radius 1 is 1.03 bits per heavy atom. The van der Waals surface area contributed by atoms with Crippen molar-refractivity contribution in [2.24, 2.45) is 23.7 Å². The minimum atomic E-state index is -0.301. The molecule has 1 saturated heterocycles. The zero-order chi connectivity index (χ0) is 26.0. The van der Waals surface area contributed by atoms with Gasteiger partial charge in [0, 0.05) is 41.8 Å². The first-order valence-corrected chi connectivity index (χ1v) is 15.0. The summed E-state index contributed by atoms with van der Waals surface area (Å²) in [5.74, 6) is 4.03. The highest BCUT2D eigenvalue weighted by Gasteiger charge is 2.52. The van der Waals surface area contributed by atoms with Crippen molar-refractivity contribution in [3.63, 3.8) is 0 Å². The summed E-state index contributed by atoms with van der Waals surface area (Å²) in [7, 11) is 1.69. The number of amides is 2. The molecule has 5 fully saturated rings. The molecule has 8 rings (SSSR count). The van der Waals surface area contributed by atoms with Crippen LogP contribution in [0.2, 0.25) is 5.02 Å². The van der Waals surface area contributed by atoms with Gasteiger partial charge in [-0.2, -0.15) is 0 Å². The van der Waals surface area contributed by atoms with E-state index in [2.05, 4.69) is 28.4 Å². The molecule has 38 heavy (non-hydrogen) atoms. The van der Waals surface area contributed by atoms with E-state index in [1.54, 1.807) is 7.11 Å². The van der Waals surface area contributed by atoms with Gasteiger partial charge in [-0.1, -0.05) is 48.1 Å². The molecular formula is C31H36ClN3O2S. The molecule has 5 nitrogen and oxygen atoms in total. The van der Waals surface area contributed by atoms with Crippen molar-refractivity contribution in [1.82, 2.24) is 15.1 Å². The second-order valence-corrected chi connectivity index (χ2v) is 13.1. The average Bonchev–Trinajstić information content (AvgIpc) is 3.14. The molecule has 2 amide bonds. The molecule has 200 valence electrons. The van der Waals surface area contributed by atoms with E-state index in [0.29, 0.717) is 37.5 Å². The molecule has 4 bridgehead atoms. The van der Waals surface area contributed by atoms with Crippen LogP contribution in [0.5, 0.6) is 5.75 Å². The van der Waals surface area contributed by atoms with E-state index >= 15 is 0 Å². The Bertz CT molecular complexity index is 1230. The van der Waals surface area contributed by atoms with E-state index < -0.39 is 0 Å². The lowest BCUT2D eigenvalue weighted by Gasteiger charge is -2.54. The molecule has 2 aromatic rings. The quantitative estimate of drug-likeness (QED) is 0.450. The van der Waals surface area contributed by atoms with Gasteiger partial charge in [0.1, 0.15) is 10.7 Å². The van der Waals surface area contributed by atoms with Crippen LogP contribution in [-0.2, 0) is 12.1 Å². The highest BCUT2D eigenvalue weighted by molar-refractivity contribution is 7.80.